The number of aromatic nitrogens is 1. The molecule has 2 saturated heterocycles. The van der Waals surface area contributed by atoms with Gasteiger partial charge in [0.2, 0.25) is 5.91 Å². The summed E-state index contributed by atoms with van der Waals surface area (Å²) in [4.78, 5) is 35.2. The van der Waals surface area contributed by atoms with Gasteiger partial charge in [0, 0.05) is 58.2 Å². The summed E-state index contributed by atoms with van der Waals surface area (Å²) in [5.41, 5.74) is 1.37. The number of aryl methyl sites for hydroxylation is 1. The van der Waals surface area contributed by atoms with Crippen LogP contribution < -0.4 is 0 Å². The summed E-state index contributed by atoms with van der Waals surface area (Å²) in [6.07, 6.45) is -0.457. The van der Waals surface area contributed by atoms with Crippen LogP contribution in [0.15, 0.2) is 36.5 Å². The average Bonchev–Trinajstić information content (AvgIpc) is 3.54. The van der Waals surface area contributed by atoms with Crippen LogP contribution in [-0.2, 0) is 44.8 Å². The zero-order valence-corrected chi connectivity index (χ0v) is 25.3. The monoisotopic (exact) mass is 615 g/mol. The molecule has 3 aliphatic heterocycles. The minimum absolute atomic E-state index is 0.0119. The SMILES string of the molecule is COC1COCCC1C[C@@H]1C[C@H]2CN(C(=O)OCc3cccc(C)c3)C[C@@]2(C(=O)N2CCc3ncc(C(F)(F)F)cc3C2)C1. The van der Waals surface area contributed by atoms with Crippen LogP contribution in [0.5, 0.6) is 0 Å². The number of likely N-dealkylation sites (tertiary alicyclic amines) is 1. The number of nitrogens with zero attached hydrogens (tertiary/aromatic N) is 3. The van der Waals surface area contributed by atoms with Crippen LogP contribution in [0.3, 0.4) is 0 Å². The summed E-state index contributed by atoms with van der Waals surface area (Å²) in [5.74, 6) is 0.449. The van der Waals surface area contributed by atoms with Crippen LogP contribution in [0, 0.1) is 30.1 Å². The molecule has 6 rings (SSSR count). The second-order valence-electron chi connectivity index (χ2n) is 13.0. The highest BCUT2D eigenvalue weighted by atomic mass is 19.4. The molecule has 44 heavy (non-hydrogen) atoms. The molecule has 0 bridgehead atoms. The third-order valence-corrected chi connectivity index (χ3v) is 10.1. The molecule has 5 atom stereocenters. The Labute approximate surface area is 255 Å². The molecule has 1 saturated carbocycles. The average molecular weight is 616 g/mol. The van der Waals surface area contributed by atoms with Crippen molar-refractivity contribution in [2.24, 2.45) is 23.2 Å². The largest absolute Gasteiger partial charge is 0.445 e. The molecule has 2 aromatic rings. The van der Waals surface area contributed by atoms with Gasteiger partial charge in [-0.3, -0.25) is 9.78 Å². The molecular weight excluding hydrogens is 575 g/mol. The molecule has 11 heteroatoms. The van der Waals surface area contributed by atoms with E-state index in [9.17, 15) is 22.8 Å². The fraction of sp³-hybridized carbons (Fsp3) is 0.606. The van der Waals surface area contributed by atoms with Gasteiger partial charge in [-0.25, -0.2) is 4.79 Å². The standard InChI is InChI=1S/C33H40F3N3O5/c1-21-4-3-5-22(10-21)18-44-31(41)39-17-27-12-23(11-24-7-9-43-19-29(24)42-2)14-32(27,20-39)30(40)38-8-6-28-25(16-38)13-26(15-37-28)33(34,35)36/h3-5,10,13,15,23-24,27,29H,6-9,11-12,14,16-20H2,1-2H3/t23-,24?,27+,29?,32+/m1/s1. The third kappa shape index (κ3) is 6.18. The number of fused-ring (bicyclic) bond motifs is 2. The van der Waals surface area contributed by atoms with Crippen molar-refractivity contribution in [1.82, 2.24) is 14.8 Å². The van der Waals surface area contributed by atoms with Gasteiger partial charge in [-0.15, -0.1) is 0 Å². The van der Waals surface area contributed by atoms with Crippen molar-refractivity contribution in [3.8, 4) is 0 Å². The smallest absolute Gasteiger partial charge is 0.417 e. The first-order valence-corrected chi connectivity index (χ1v) is 15.5. The van der Waals surface area contributed by atoms with E-state index in [1.165, 1.54) is 0 Å². The van der Waals surface area contributed by atoms with E-state index in [1.807, 2.05) is 31.2 Å². The lowest BCUT2D eigenvalue weighted by atomic mass is 9.78. The predicted octanol–water partition coefficient (Wildman–Crippen LogP) is 5.40. The van der Waals surface area contributed by atoms with Crippen molar-refractivity contribution in [3.05, 3.63) is 64.5 Å². The Bertz CT molecular complexity index is 1390. The Morgan fingerprint density at radius 2 is 2.05 bits per heavy atom. The van der Waals surface area contributed by atoms with E-state index in [1.54, 1.807) is 16.9 Å². The van der Waals surface area contributed by atoms with Crippen molar-refractivity contribution in [1.29, 1.82) is 0 Å². The predicted molar refractivity (Wildman–Crippen MR) is 154 cm³/mol. The van der Waals surface area contributed by atoms with Crippen LogP contribution in [0.2, 0.25) is 0 Å². The maximum absolute atomic E-state index is 14.5. The Morgan fingerprint density at radius 3 is 2.82 bits per heavy atom. The molecule has 238 valence electrons. The third-order valence-electron chi connectivity index (χ3n) is 10.1. The number of alkyl halides is 3. The quantitative estimate of drug-likeness (QED) is 0.433. The zero-order chi connectivity index (χ0) is 31.1. The van der Waals surface area contributed by atoms with Crippen LogP contribution in [-0.4, -0.2) is 72.8 Å². The summed E-state index contributed by atoms with van der Waals surface area (Å²) in [7, 11) is 1.70. The Balaban J connectivity index is 1.21. The van der Waals surface area contributed by atoms with E-state index in [2.05, 4.69) is 4.98 Å². The van der Waals surface area contributed by atoms with E-state index in [4.69, 9.17) is 14.2 Å². The van der Waals surface area contributed by atoms with Crippen molar-refractivity contribution >= 4 is 12.0 Å². The number of carbonyl (C=O) groups excluding carboxylic acids is 2. The lowest BCUT2D eigenvalue weighted by Gasteiger charge is -2.37. The van der Waals surface area contributed by atoms with Crippen LogP contribution in [0.25, 0.3) is 0 Å². The first-order chi connectivity index (χ1) is 21.1. The van der Waals surface area contributed by atoms with Gasteiger partial charge in [0.15, 0.2) is 0 Å². The van der Waals surface area contributed by atoms with Crippen LogP contribution in [0.4, 0.5) is 18.0 Å². The van der Waals surface area contributed by atoms with Crippen LogP contribution >= 0.6 is 0 Å². The van der Waals surface area contributed by atoms with Gasteiger partial charge < -0.3 is 24.0 Å². The molecule has 8 nitrogen and oxygen atoms in total. The first-order valence-electron chi connectivity index (χ1n) is 15.5. The number of amides is 2. The number of pyridine rings is 1. The number of ether oxygens (including phenoxy) is 3. The van der Waals surface area contributed by atoms with Gasteiger partial charge in [-0.2, -0.15) is 13.2 Å². The van der Waals surface area contributed by atoms with Gasteiger partial charge in [0.1, 0.15) is 6.61 Å². The summed E-state index contributed by atoms with van der Waals surface area (Å²) >= 11 is 0. The number of rotatable bonds is 6. The topological polar surface area (TPSA) is 81.2 Å². The number of carbonyl (C=O) groups is 2. The highest BCUT2D eigenvalue weighted by molar-refractivity contribution is 5.85. The van der Waals surface area contributed by atoms with Crippen molar-refractivity contribution < 1.29 is 37.0 Å². The lowest BCUT2D eigenvalue weighted by molar-refractivity contribution is -0.144. The lowest BCUT2D eigenvalue weighted by Crippen LogP contribution is -2.49. The highest BCUT2D eigenvalue weighted by Crippen LogP contribution is 2.54. The normalized spacial score (nSPS) is 28.5. The van der Waals surface area contributed by atoms with Gasteiger partial charge in [0.05, 0.1) is 23.7 Å². The Hall–Kier alpha value is -3.18. The molecule has 4 aliphatic rings. The number of hydrogen-bond acceptors (Lipinski definition) is 6. The Morgan fingerprint density at radius 1 is 1.20 bits per heavy atom. The van der Waals surface area contributed by atoms with Gasteiger partial charge in [-0.05, 0) is 67.6 Å². The number of halogens is 3. The molecule has 1 aromatic carbocycles. The minimum atomic E-state index is -4.51. The molecule has 4 heterocycles. The van der Waals surface area contributed by atoms with Gasteiger partial charge in [-0.1, -0.05) is 29.8 Å². The molecule has 3 fully saturated rings. The fourth-order valence-corrected chi connectivity index (χ4v) is 7.98. The minimum Gasteiger partial charge on any atom is -0.445 e. The molecule has 2 unspecified atom stereocenters. The molecule has 2 amide bonds. The molecular formula is C33H40F3N3O5. The summed E-state index contributed by atoms with van der Waals surface area (Å²) in [6, 6.07) is 8.90. The van der Waals surface area contributed by atoms with Crippen molar-refractivity contribution in [2.75, 3.05) is 40.0 Å². The van der Waals surface area contributed by atoms with Gasteiger partial charge >= 0.3 is 12.3 Å². The zero-order valence-electron chi connectivity index (χ0n) is 25.3. The summed E-state index contributed by atoms with van der Waals surface area (Å²) in [5, 5.41) is 0. The maximum atomic E-state index is 14.5. The number of methoxy groups -OCH3 is 1. The first kappa shape index (κ1) is 30.8. The second kappa shape index (κ2) is 12.3. The Kier molecular flexibility index (Phi) is 8.63. The van der Waals surface area contributed by atoms with E-state index >= 15 is 0 Å². The molecule has 0 spiro atoms. The van der Waals surface area contributed by atoms with E-state index in [-0.39, 0.29) is 43.5 Å². The van der Waals surface area contributed by atoms with Gasteiger partial charge in [0.25, 0.3) is 0 Å². The molecule has 1 aliphatic carbocycles. The number of benzene rings is 1. The summed E-state index contributed by atoms with van der Waals surface area (Å²) < 4.78 is 57.4. The molecule has 0 radical (unpaired) electrons. The van der Waals surface area contributed by atoms with Crippen LogP contribution in [0.1, 0.15) is 53.6 Å². The second-order valence-corrected chi connectivity index (χ2v) is 13.0. The fourth-order valence-electron chi connectivity index (χ4n) is 7.98. The van der Waals surface area contributed by atoms with Crippen molar-refractivity contribution in [2.45, 2.75) is 64.5 Å². The van der Waals surface area contributed by atoms with Crippen molar-refractivity contribution in [3.63, 3.8) is 0 Å². The maximum Gasteiger partial charge on any atom is 0.417 e. The van der Waals surface area contributed by atoms with E-state index in [0.717, 1.165) is 42.7 Å². The highest BCUT2D eigenvalue weighted by Gasteiger charge is 2.60. The van der Waals surface area contributed by atoms with E-state index < -0.39 is 23.2 Å². The number of hydrogen-bond donors (Lipinski definition) is 0. The van der Waals surface area contributed by atoms with E-state index in [0.29, 0.717) is 56.3 Å². The summed E-state index contributed by atoms with van der Waals surface area (Å²) in [6.45, 7) is 4.49. The molecule has 0 N–H and O–H groups in total. The molecule has 1 aromatic heterocycles.